The van der Waals surface area contributed by atoms with Crippen LogP contribution in [0.5, 0.6) is 0 Å². The minimum atomic E-state index is -1.14. The van der Waals surface area contributed by atoms with Crippen LogP contribution in [-0.4, -0.2) is 98.8 Å². The Balaban J connectivity index is 0.00000450. The lowest BCUT2D eigenvalue weighted by Crippen LogP contribution is -2.40. The summed E-state index contributed by atoms with van der Waals surface area (Å²) in [5, 5.41) is 44.7. The Labute approximate surface area is 317 Å². The second kappa shape index (κ2) is 16.1. The van der Waals surface area contributed by atoms with Crippen molar-refractivity contribution in [3.63, 3.8) is 0 Å². The Morgan fingerprint density at radius 2 is 1.65 bits per heavy atom. The van der Waals surface area contributed by atoms with Gasteiger partial charge in [0.1, 0.15) is 18.2 Å². The predicted molar refractivity (Wildman–Crippen MR) is 205 cm³/mol. The number of aliphatic hydroxyl groups excluding tert-OH is 2. The van der Waals surface area contributed by atoms with E-state index in [0.717, 1.165) is 11.1 Å². The number of benzene rings is 2. The Morgan fingerprint density at radius 3 is 2.33 bits per heavy atom. The Hall–Kier alpha value is -5.71. The van der Waals surface area contributed by atoms with Gasteiger partial charge in [0.2, 0.25) is 5.95 Å². The number of tetrazole rings is 1. The lowest BCUT2D eigenvalue weighted by atomic mass is 9.91. The summed E-state index contributed by atoms with van der Waals surface area (Å²) in [5.74, 6) is 1.59. The van der Waals surface area contributed by atoms with Crippen LogP contribution in [0.4, 0.5) is 22.2 Å². The van der Waals surface area contributed by atoms with Crippen molar-refractivity contribution in [2.75, 3.05) is 35.2 Å². The van der Waals surface area contributed by atoms with Crippen molar-refractivity contribution in [2.45, 2.75) is 62.4 Å². The molecule has 2 amide bonds. The van der Waals surface area contributed by atoms with Gasteiger partial charge >= 0.3 is 6.03 Å². The van der Waals surface area contributed by atoms with Crippen molar-refractivity contribution in [3.8, 4) is 0 Å². The molecule has 5 heterocycles. The highest BCUT2D eigenvalue weighted by Crippen LogP contribution is 2.40. The number of nitrogens with zero attached hydrogens (tertiary/aromatic N) is 10. The highest BCUT2D eigenvalue weighted by molar-refractivity contribution is 5.89. The predicted octanol–water partition coefficient (Wildman–Crippen LogP) is 3.74. The van der Waals surface area contributed by atoms with Crippen LogP contribution in [0.1, 0.15) is 54.7 Å². The molecule has 2 aliphatic rings. The maximum absolute atomic E-state index is 12.8. The topological polar surface area (TPSA) is 197 Å². The van der Waals surface area contributed by atoms with Crippen LogP contribution in [0, 0.1) is 0 Å². The third-order valence-electron chi connectivity index (χ3n) is 10.1. The van der Waals surface area contributed by atoms with Crippen LogP contribution in [0.15, 0.2) is 91.5 Å². The molecule has 0 spiro atoms. The van der Waals surface area contributed by atoms with Gasteiger partial charge in [-0.2, -0.15) is 14.8 Å². The van der Waals surface area contributed by atoms with Crippen LogP contribution >= 0.6 is 12.4 Å². The van der Waals surface area contributed by atoms with Gasteiger partial charge in [-0.3, -0.25) is 4.98 Å². The van der Waals surface area contributed by atoms with Crippen molar-refractivity contribution >= 4 is 47.1 Å². The number of aromatic nitrogens is 9. The summed E-state index contributed by atoms with van der Waals surface area (Å²) in [4.78, 5) is 35.1. The smallest absolute Gasteiger partial charge is 0.319 e. The number of pyridine rings is 1. The number of anilines is 3. The summed E-state index contributed by atoms with van der Waals surface area (Å²) >= 11 is 0. The van der Waals surface area contributed by atoms with E-state index >= 15 is 0 Å². The molecule has 1 saturated carbocycles. The molecule has 0 radical (unpaired) electrons. The normalized spacial score (nSPS) is 21.0. The van der Waals surface area contributed by atoms with Gasteiger partial charge in [0.05, 0.1) is 12.4 Å². The van der Waals surface area contributed by atoms with Crippen LogP contribution in [-0.2, 0) is 6.42 Å². The van der Waals surface area contributed by atoms with E-state index in [4.69, 9.17) is 15.0 Å². The van der Waals surface area contributed by atoms with Crippen molar-refractivity contribution < 1.29 is 15.0 Å². The first kappa shape index (κ1) is 36.6. The number of hydrogen-bond acceptors (Lipinski definition) is 12. The van der Waals surface area contributed by atoms with Gasteiger partial charge in [0.15, 0.2) is 22.8 Å². The molecule has 5 atom stereocenters. The number of hydrogen-bond donors (Lipinski definition) is 5. The van der Waals surface area contributed by atoms with E-state index in [0.29, 0.717) is 73.3 Å². The summed E-state index contributed by atoms with van der Waals surface area (Å²) in [7, 11) is 0. The standard InChI is InChI=1S/C37H41N13O3.ClH/c1-2-30-45-47-50(46-30)29-19-28(32(51)33(29)52)49-22-40-31-34(39-20-27(23-9-5-3-6-10-23)24-11-7-4-8-12-24)43-36(44-35(31)49)48-18-15-26(21-48)42-37(53)41-25-13-16-38-17-14-25;/h3-14,16-17,22,26-29,32-33,51-52H,2,15,18-21H2,1H3,(H,39,43,44)(H2,38,41,42,53);1H/t26-,28-,29+,32+,33-;/m1./s1. The first-order valence-corrected chi connectivity index (χ1v) is 17.9. The zero-order chi connectivity index (χ0) is 36.3. The van der Waals surface area contributed by atoms with Crippen molar-refractivity contribution in [1.82, 2.24) is 50.0 Å². The van der Waals surface area contributed by atoms with Gasteiger partial charge in [-0.15, -0.1) is 22.6 Å². The minimum Gasteiger partial charge on any atom is -0.388 e. The van der Waals surface area contributed by atoms with Gasteiger partial charge in [-0.05, 0) is 41.3 Å². The maximum Gasteiger partial charge on any atom is 0.319 e. The van der Waals surface area contributed by atoms with Gasteiger partial charge in [-0.1, -0.05) is 67.6 Å². The molecule has 54 heavy (non-hydrogen) atoms. The van der Waals surface area contributed by atoms with E-state index < -0.39 is 24.3 Å². The summed E-state index contributed by atoms with van der Waals surface area (Å²) in [6, 6.07) is 22.5. The van der Waals surface area contributed by atoms with E-state index in [1.807, 2.05) is 52.8 Å². The number of carbonyl (C=O) groups is 1. The fourth-order valence-electron chi connectivity index (χ4n) is 7.29. The van der Waals surface area contributed by atoms with Crippen LogP contribution < -0.4 is 20.9 Å². The quantitative estimate of drug-likeness (QED) is 0.129. The Kier molecular flexibility index (Phi) is 10.9. The van der Waals surface area contributed by atoms with Crippen LogP contribution in [0.25, 0.3) is 11.2 Å². The average molecular weight is 752 g/mol. The summed E-state index contributed by atoms with van der Waals surface area (Å²) in [6.45, 7) is 3.56. The minimum absolute atomic E-state index is 0. The van der Waals surface area contributed by atoms with Crippen LogP contribution in [0.2, 0.25) is 0 Å². The number of fused-ring (bicyclic) bond motifs is 1. The van der Waals surface area contributed by atoms with E-state index in [-0.39, 0.29) is 30.4 Å². The van der Waals surface area contributed by atoms with E-state index in [1.165, 1.54) is 4.80 Å². The molecule has 280 valence electrons. The molecule has 5 N–H and O–H groups in total. The van der Waals surface area contributed by atoms with E-state index in [9.17, 15) is 15.0 Å². The maximum atomic E-state index is 12.8. The number of carbonyl (C=O) groups excluding carboxylic acids is 1. The number of aliphatic hydroxyl groups is 2. The molecule has 1 saturated heterocycles. The highest BCUT2D eigenvalue weighted by atomic mass is 35.5. The molecule has 2 fully saturated rings. The number of aryl methyl sites for hydroxylation is 1. The lowest BCUT2D eigenvalue weighted by Gasteiger charge is -2.22. The molecule has 1 aliphatic heterocycles. The first-order valence-electron chi connectivity index (χ1n) is 17.9. The van der Waals surface area contributed by atoms with Crippen molar-refractivity contribution in [1.29, 1.82) is 0 Å². The fraction of sp³-hybridized carbons (Fsp3) is 0.351. The van der Waals surface area contributed by atoms with Gasteiger partial charge in [0.25, 0.3) is 0 Å². The molecular formula is C37H42ClN13O3. The number of rotatable bonds is 11. The van der Waals surface area contributed by atoms with Gasteiger partial charge < -0.3 is 35.6 Å². The first-order chi connectivity index (χ1) is 25.9. The molecule has 0 unspecified atom stereocenters. The number of halogens is 1. The summed E-state index contributed by atoms with van der Waals surface area (Å²) < 4.78 is 1.82. The molecule has 8 rings (SSSR count). The molecular weight excluding hydrogens is 710 g/mol. The van der Waals surface area contributed by atoms with E-state index in [2.05, 4.69) is 60.6 Å². The van der Waals surface area contributed by atoms with Crippen molar-refractivity contribution in [3.05, 3.63) is 108 Å². The van der Waals surface area contributed by atoms with E-state index in [1.54, 1.807) is 30.9 Å². The monoisotopic (exact) mass is 751 g/mol. The second-order valence-corrected chi connectivity index (χ2v) is 13.4. The Bertz CT molecular complexity index is 2110. The van der Waals surface area contributed by atoms with Crippen LogP contribution in [0.3, 0.4) is 0 Å². The Morgan fingerprint density at radius 1 is 0.944 bits per heavy atom. The number of urea groups is 1. The molecule has 2 aromatic carbocycles. The molecule has 17 heteroatoms. The molecule has 6 aromatic rings. The molecule has 4 aromatic heterocycles. The molecule has 1 aliphatic carbocycles. The molecule has 16 nitrogen and oxygen atoms in total. The summed E-state index contributed by atoms with van der Waals surface area (Å²) in [5.41, 5.74) is 4.02. The lowest BCUT2D eigenvalue weighted by molar-refractivity contribution is 0.00473. The van der Waals surface area contributed by atoms with Gasteiger partial charge in [0, 0.05) is 56.1 Å². The number of nitrogens with one attached hydrogen (secondary N) is 3. The zero-order valence-electron chi connectivity index (χ0n) is 29.6. The number of amides is 2. The fourth-order valence-corrected chi connectivity index (χ4v) is 7.29. The van der Waals surface area contributed by atoms with Gasteiger partial charge in [-0.25, -0.2) is 9.78 Å². The van der Waals surface area contributed by atoms with Crippen molar-refractivity contribution in [2.24, 2.45) is 0 Å². The largest absolute Gasteiger partial charge is 0.388 e. The average Bonchev–Trinajstić information content (AvgIpc) is 4.00. The SMILES string of the molecule is CCc1nnn([C@H]2C[C@@H](n3cnc4c(NCC(c5ccccc5)c5ccccc5)nc(N5CC[C@@H](NC(=O)Nc6ccncc6)C5)nc43)[C@H](O)[C@@H]2O)n1.Cl. The number of imidazole rings is 1. The highest BCUT2D eigenvalue weighted by Gasteiger charge is 2.45. The third-order valence-corrected chi connectivity index (χ3v) is 10.1. The summed E-state index contributed by atoms with van der Waals surface area (Å²) in [6.07, 6.45) is 4.26. The third kappa shape index (κ3) is 7.53. The zero-order valence-corrected chi connectivity index (χ0v) is 30.4. The molecule has 0 bridgehead atoms. The second-order valence-electron chi connectivity index (χ2n) is 13.4.